The number of hydrogen-bond acceptors (Lipinski definition) is 5. The number of nitrogens with one attached hydrogen (secondary N) is 1. The highest BCUT2D eigenvalue weighted by Crippen LogP contribution is 2.24. The van der Waals surface area contributed by atoms with E-state index in [-0.39, 0.29) is 6.04 Å². The molecule has 0 aliphatic heterocycles. The zero-order chi connectivity index (χ0) is 11.4. The first kappa shape index (κ1) is 10.9. The quantitative estimate of drug-likeness (QED) is 0.853. The van der Waals surface area contributed by atoms with Crippen LogP contribution < -0.4 is 11.1 Å². The molecule has 2 aromatic rings. The average Bonchev–Trinajstić information content (AvgIpc) is 2.79. The maximum Gasteiger partial charge on any atom is 0.115 e. The number of nitrogen functional groups attached to an aromatic ring is 1. The predicted molar refractivity (Wildman–Crippen MR) is 67.4 cm³/mol. The van der Waals surface area contributed by atoms with Crippen LogP contribution in [-0.2, 0) is 0 Å². The number of rotatable bonds is 4. The first-order chi connectivity index (χ1) is 7.79. The van der Waals surface area contributed by atoms with Gasteiger partial charge in [-0.05, 0) is 12.5 Å². The Hall–Kier alpha value is -1.62. The Labute approximate surface area is 98.6 Å². The number of pyridine rings is 1. The molecule has 0 amide bonds. The number of hydrogen-bond donors (Lipinski definition) is 2. The Balaban J connectivity index is 2.13. The molecule has 0 radical (unpaired) electrons. The Morgan fingerprint density at radius 3 is 3.00 bits per heavy atom. The lowest BCUT2D eigenvalue weighted by Crippen LogP contribution is -2.09. The van der Waals surface area contributed by atoms with Crippen molar-refractivity contribution < 1.29 is 0 Å². The molecule has 2 rings (SSSR count). The molecule has 16 heavy (non-hydrogen) atoms. The van der Waals surface area contributed by atoms with Gasteiger partial charge in [0, 0.05) is 17.8 Å². The maximum atomic E-state index is 5.68. The van der Waals surface area contributed by atoms with E-state index in [4.69, 9.17) is 5.73 Å². The van der Waals surface area contributed by atoms with Crippen LogP contribution in [0.4, 0.5) is 11.4 Å². The minimum absolute atomic E-state index is 0.226. The van der Waals surface area contributed by atoms with Crippen LogP contribution in [-0.4, -0.2) is 9.97 Å². The molecule has 2 aromatic heterocycles. The van der Waals surface area contributed by atoms with Crippen molar-refractivity contribution in [1.82, 2.24) is 9.97 Å². The molecule has 0 spiro atoms. The van der Waals surface area contributed by atoms with Gasteiger partial charge in [0.15, 0.2) is 0 Å². The molecule has 0 aliphatic carbocycles. The molecule has 1 unspecified atom stereocenters. The van der Waals surface area contributed by atoms with Gasteiger partial charge in [-0.1, -0.05) is 6.92 Å². The lowest BCUT2D eigenvalue weighted by molar-refractivity contribution is 0.741. The van der Waals surface area contributed by atoms with Crippen molar-refractivity contribution in [2.75, 3.05) is 11.1 Å². The van der Waals surface area contributed by atoms with Crippen LogP contribution in [0, 0.1) is 0 Å². The smallest absolute Gasteiger partial charge is 0.115 e. The second-order valence-corrected chi connectivity index (χ2v) is 4.41. The van der Waals surface area contributed by atoms with Crippen molar-refractivity contribution in [2.45, 2.75) is 19.4 Å². The molecule has 0 bridgehead atoms. The molecule has 5 heteroatoms. The van der Waals surface area contributed by atoms with Gasteiger partial charge < -0.3 is 11.1 Å². The summed E-state index contributed by atoms with van der Waals surface area (Å²) in [5.74, 6) is 0. The van der Waals surface area contributed by atoms with Crippen LogP contribution in [0.2, 0.25) is 0 Å². The van der Waals surface area contributed by atoms with Gasteiger partial charge in [-0.3, -0.25) is 4.98 Å². The zero-order valence-corrected chi connectivity index (χ0v) is 9.87. The summed E-state index contributed by atoms with van der Waals surface area (Å²) < 4.78 is 0. The lowest BCUT2D eigenvalue weighted by Gasteiger charge is -2.15. The van der Waals surface area contributed by atoms with Gasteiger partial charge >= 0.3 is 0 Å². The van der Waals surface area contributed by atoms with Gasteiger partial charge in [0.25, 0.3) is 0 Å². The van der Waals surface area contributed by atoms with Gasteiger partial charge in [0.2, 0.25) is 0 Å². The highest BCUT2D eigenvalue weighted by Gasteiger charge is 2.11. The van der Waals surface area contributed by atoms with Crippen LogP contribution in [0.1, 0.15) is 24.4 Å². The van der Waals surface area contributed by atoms with E-state index in [0.717, 1.165) is 17.1 Å². The molecule has 0 aliphatic rings. The third kappa shape index (κ3) is 2.49. The maximum absolute atomic E-state index is 5.68. The van der Waals surface area contributed by atoms with Crippen molar-refractivity contribution >= 4 is 22.7 Å². The fourth-order valence-electron chi connectivity index (χ4n) is 1.48. The summed E-state index contributed by atoms with van der Waals surface area (Å²) >= 11 is 1.65. The van der Waals surface area contributed by atoms with Crippen molar-refractivity contribution in [1.29, 1.82) is 0 Å². The van der Waals surface area contributed by atoms with E-state index in [0.29, 0.717) is 5.69 Å². The second kappa shape index (κ2) is 4.94. The molecule has 0 fully saturated rings. The third-order valence-corrected chi connectivity index (χ3v) is 3.15. The highest BCUT2D eigenvalue weighted by atomic mass is 32.1. The summed E-state index contributed by atoms with van der Waals surface area (Å²) in [6, 6.07) is 2.10. The first-order valence-corrected chi connectivity index (χ1v) is 6.04. The number of nitrogens with zero attached hydrogens (tertiary/aromatic N) is 2. The van der Waals surface area contributed by atoms with E-state index >= 15 is 0 Å². The fraction of sp³-hybridized carbons (Fsp3) is 0.273. The Bertz CT molecular complexity index is 441. The summed E-state index contributed by atoms with van der Waals surface area (Å²) in [5, 5.41) is 6.45. The third-order valence-electron chi connectivity index (χ3n) is 2.26. The lowest BCUT2D eigenvalue weighted by atomic mass is 10.2. The predicted octanol–water partition coefficient (Wildman–Crippen LogP) is 2.68. The van der Waals surface area contributed by atoms with Gasteiger partial charge in [-0.25, -0.2) is 4.98 Å². The van der Waals surface area contributed by atoms with Crippen molar-refractivity contribution in [3.8, 4) is 0 Å². The molecule has 0 saturated heterocycles. The SMILES string of the molecule is CCC(Nc1cncc(N)c1)c1nccs1. The van der Waals surface area contributed by atoms with Crippen LogP contribution >= 0.6 is 11.3 Å². The monoisotopic (exact) mass is 234 g/mol. The standard InChI is InChI=1S/C11H14N4S/c1-2-10(11-14-3-4-16-11)15-9-5-8(12)6-13-7-9/h3-7,10,15H,2,12H2,1H3. The zero-order valence-electron chi connectivity index (χ0n) is 9.05. The fourth-order valence-corrected chi connectivity index (χ4v) is 2.26. The van der Waals surface area contributed by atoms with E-state index in [9.17, 15) is 0 Å². The summed E-state index contributed by atoms with van der Waals surface area (Å²) in [6.07, 6.45) is 6.20. The van der Waals surface area contributed by atoms with Crippen LogP contribution in [0.3, 0.4) is 0 Å². The number of nitrogens with two attached hydrogens (primary N) is 1. The molecular formula is C11H14N4S. The molecule has 3 N–H and O–H groups in total. The number of thiazole rings is 1. The molecule has 2 heterocycles. The molecule has 4 nitrogen and oxygen atoms in total. The Kier molecular flexibility index (Phi) is 3.36. The van der Waals surface area contributed by atoms with E-state index < -0.39 is 0 Å². The molecular weight excluding hydrogens is 220 g/mol. The highest BCUT2D eigenvalue weighted by molar-refractivity contribution is 7.09. The van der Waals surface area contributed by atoms with Crippen LogP contribution in [0.25, 0.3) is 0 Å². The summed E-state index contributed by atoms with van der Waals surface area (Å²) in [5.41, 5.74) is 7.28. The van der Waals surface area contributed by atoms with Gasteiger partial charge in [0.1, 0.15) is 5.01 Å². The van der Waals surface area contributed by atoms with Crippen LogP contribution in [0.15, 0.2) is 30.0 Å². The van der Waals surface area contributed by atoms with E-state index in [1.165, 1.54) is 0 Å². The van der Waals surface area contributed by atoms with Crippen molar-refractivity contribution in [3.05, 3.63) is 35.0 Å². The van der Waals surface area contributed by atoms with Gasteiger partial charge in [0.05, 0.1) is 23.6 Å². The van der Waals surface area contributed by atoms with Crippen LogP contribution in [0.5, 0.6) is 0 Å². The largest absolute Gasteiger partial charge is 0.397 e. The summed E-state index contributed by atoms with van der Waals surface area (Å²) in [4.78, 5) is 8.36. The van der Waals surface area contributed by atoms with Gasteiger partial charge in [-0.2, -0.15) is 0 Å². The van der Waals surface area contributed by atoms with Crippen molar-refractivity contribution in [3.63, 3.8) is 0 Å². The second-order valence-electron chi connectivity index (χ2n) is 3.48. The molecule has 0 aromatic carbocycles. The topological polar surface area (TPSA) is 63.8 Å². The van der Waals surface area contributed by atoms with E-state index in [1.807, 2.05) is 17.6 Å². The minimum atomic E-state index is 0.226. The molecule has 0 saturated carbocycles. The number of aromatic nitrogens is 2. The average molecular weight is 234 g/mol. The number of anilines is 2. The normalized spacial score (nSPS) is 12.3. The van der Waals surface area contributed by atoms with E-state index in [1.54, 1.807) is 23.7 Å². The Morgan fingerprint density at radius 2 is 2.38 bits per heavy atom. The Morgan fingerprint density at radius 1 is 1.50 bits per heavy atom. The van der Waals surface area contributed by atoms with Crippen molar-refractivity contribution in [2.24, 2.45) is 0 Å². The summed E-state index contributed by atoms with van der Waals surface area (Å²) in [6.45, 7) is 2.12. The molecule has 1 atom stereocenters. The van der Waals surface area contributed by atoms with E-state index in [2.05, 4.69) is 22.2 Å². The summed E-state index contributed by atoms with van der Waals surface area (Å²) in [7, 11) is 0. The van der Waals surface area contributed by atoms with Gasteiger partial charge in [-0.15, -0.1) is 11.3 Å². The molecule has 84 valence electrons. The minimum Gasteiger partial charge on any atom is -0.397 e. The first-order valence-electron chi connectivity index (χ1n) is 5.16.